The zero-order chi connectivity index (χ0) is 22.1. The van der Waals surface area contributed by atoms with Crippen LogP contribution in [0.15, 0.2) is 52.9 Å². The van der Waals surface area contributed by atoms with Crippen molar-refractivity contribution in [3.05, 3.63) is 54.1 Å². The molecule has 0 spiro atoms. The summed E-state index contributed by atoms with van der Waals surface area (Å²) in [5.41, 5.74) is 3.05. The van der Waals surface area contributed by atoms with E-state index in [9.17, 15) is 9.59 Å². The number of rotatable bonds is 5. The number of fused-ring (bicyclic) bond motifs is 1. The Morgan fingerprint density at radius 3 is 2.50 bits per heavy atom. The van der Waals surface area contributed by atoms with E-state index in [1.807, 2.05) is 60.5 Å². The van der Waals surface area contributed by atoms with Gasteiger partial charge in [-0.15, -0.1) is 0 Å². The van der Waals surface area contributed by atoms with Crippen molar-refractivity contribution in [2.24, 2.45) is 5.92 Å². The molecule has 166 valence electrons. The van der Waals surface area contributed by atoms with Gasteiger partial charge in [0.25, 0.3) is 5.91 Å². The number of benzene rings is 2. The molecule has 2 aliphatic carbocycles. The molecule has 2 aliphatic rings. The molecule has 2 atom stereocenters. The summed E-state index contributed by atoms with van der Waals surface area (Å²) in [5, 5.41) is 3.23. The van der Waals surface area contributed by atoms with E-state index in [0.29, 0.717) is 11.5 Å². The smallest absolute Gasteiger partial charge is 0.253 e. The second kappa shape index (κ2) is 8.77. The summed E-state index contributed by atoms with van der Waals surface area (Å²) in [6, 6.07) is 15.4. The third-order valence-corrected chi connectivity index (χ3v) is 7.02. The minimum atomic E-state index is 0.00175. The number of nitrogens with zero attached hydrogens (tertiary/aromatic N) is 2. The summed E-state index contributed by atoms with van der Waals surface area (Å²) < 4.78 is 5.82. The van der Waals surface area contributed by atoms with Gasteiger partial charge in [0.05, 0.1) is 0 Å². The van der Waals surface area contributed by atoms with Gasteiger partial charge >= 0.3 is 0 Å². The molecule has 3 aromatic rings. The lowest BCUT2D eigenvalue weighted by atomic mass is 10.1. The maximum atomic E-state index is 13.1. The number of hydrogen-bond acceptors (Lipinski definition) is 4. The lowest BCUT2D eigenvalue weighted by Crippen LogP contribution is -2.40. The monoisotopic (exact) mass is 431 g/mol. The van der Waals surface area contributed by atoms with Gasteiger partial charge in [-0.25, -0.2) is 4.98 Å². The highest BCUT2D eigenvalue weighted by Gasteiger charge is 2.33. The Kier molecular flexibility index (Phi) is 5.68. The average molecular weight is 432 g/mol. The first-order valence-corrected chi connectivity index (χ1v) is 11.6. The molecule has 1 N–H and O–H groups in total. The van der Waals surface area contributed by atoms with Gasteiger partial charge in [0.1, 0.15) is 5.52 Å². The summed E-state index contributed by atoms with van der Waals surface area (Å²) in [6.07, 6.45) is 7.01. The molecule has 6 nitrogen and oxygen atoms in total. The van der Waals surface area contributed by atoms with Crippen LogP contribution in [0.25, 0.3) is 22.6 Å². The van der Waals surface area contributed by atoms with Crippen LogP contribution in [0.4, 0.5) is 0 Å². The highest BCUT2D eigenvalue weighted by molar-refractivity contribution is 5.94. The van der Waals surface area contributed by atoms with Crippen LogP contribution in [0, 0.1) is 5.92 Å². The largest absolute Gasteiger partial charge is 0.436 e. The predicted octanol–water partition coefficient (Wildman–Crippen LogP) is 4.79. The van der Waals surface area contributed by atoms with Crippen LogP contribution in [-0.4, -0.2) is 40.8 Å². The second-order valence-electron chi connectivity index (χ2n) is 9.13. The van der Waals surface area contributed by atoms with Crippen molar-refractivity contribution >= 4 is 22.9 Å². The Bertz CT molecular complexity index is 1080. The SMILES string of the molecule is CN(C(=O)c1ccc(-c2nc3ccccc3o2)cc1)C1CCC(NC(=O)C2CCCC2)C1. The molecule has 2 amide bonds. The minimum Gasteiger partial charge on any atom is -0.436 e. The third kappa shape index (κ3) is 4.14. The normalized spacial score (nSPS) is 21.2. The first-order chi connectivity index (χ1) is 15.6. The van der Waals surface area contributed by atoms with E-state index in [1.165, 1.54) is 0 Å². The molecule has 0 aliphatic heterocycles. The summed E-state index contributed by atoms with van der Waals surface area (Å²) in [7, 11) is 1.86. The average Bonchev–Trinajstić information content (AvgIpc) is 3.58. The van der Waals surface area contributed by atoms with Gasteiger partial charge in [-0.3, -0.25) is 9.59 Å². The molecule has 1 aromatic heterocycles. The van der Waals surface area contributed by atoms with Crippen LogP contribution in [0.5, 0.6) is 0 Å². The first-order valence-electron chi connectivity index (χ1n) is 11.6. The van der Waals surface area contributed by atoms with Crippen molar-refractivity contribution in [3.8, 4) is 11.5 Å². The molecular weight excluding hydrogens is 402 g/mol. The van der Waals surface area contributed by atoms with Crippen molar-refractivity contribution in [1.82, 2.24) is 15.2 Å². The van der Waals surface area contributed by atoms with Crippen LogP contribution in [0.3, 0.4) is 0 Å². The van der Waals surface area contributed by atoms with Gasteiger partial charge in [0.15, 0.2) is 5.58 Å². The Balaban J connectivity index is 1.20. The van der Waals surface area contributed by atoms with Crippen LogP contribution in [0.2, 0.25) is 0 Å². The van der Waals surface area contributed by atoms with Gasteiger partial charge in [-0.1, -0.05) is 25.0 Å². The number of hydrogen-bond donors (Lipinski definition) is 1. The molecule has 0 radical (unpaired) electrons. The molecule has 2 saturated carbocycles. The summed E-state index contributed by atoms with van der Waals surface area (Å²) in [5.74, 6) is 0.946. The Hall–Kier alpha value is -3.15. The number of aromatic nitrogens is 1. The van der Waals surface area contributed by atoms with E-state index in [4.69, 9.17) is 4.42 Å². The lowest BCUT2D eigenvalue weighted by Gasteiger charge is -2.25. The Morgan fingerprint density at radius 2 is 1.75 bits per heavy atom. The number of oxazole rings is 1. The molecule has 0 saturated heterocycles. The van der Waals surface area contributed by atoms with Gasteiger partial charge < -0.3 is 14.6 Å². The topological polar surface area (TPSA) is 75.4 Å². The number of nitrogens with one attached hydrogen (secondary N) is 1. The number of carbonyl (C=O) groups is 2. The van der Waals surface area contributed by atoms with Gasteiger partial charge in [0.2, 0.25) is 11.8 Å². The van der Waals surface area contributed by atoms with Crippen LogP contribution in [0.1, 0.15) is 55.3 Å². The van der Waals surface area contributed by atoms with Crippen LogP contribution in [-0.2, 0) is 4.79 Å². The minimum absolute atomic E-state index is 0.00175. The zero-order valence-corrected chi connectivity index (χ0v) is 18.4. The number of para-hydroxylation sites is 2. The van der Waals surface area contributed by atoms with Crippen molar-refractivity contribution in [2.45, 2.75) is 57.0 Å². The number of carbonyl (C=O) groups excluding carboxylic acids is 2. The van der Waals surface area contributed by atoms with Crippen LogP contribution < -0.4 is 5.32 Å². The molecular formula is C26H29N3O3. The fraction of sp³-hybridized carbons (Fsp3) is 0.423. The zero-order valence-electron chi connectivity index (χ0n) is 18.4. The molecule has 6 heteroatoms. The van der Waals surface area contributed by atoms with Gasteiger partial charge in [0, 0.05) is 36.2 Å². The van der Waals surface area contributed by atoms with Crippen molar-refractivity contribution < 1.29 is 14.0 Å². The molecule has 0 bridgehead atoms. The second-order valence-corrected chi connectivity index (χ2v) is 9.13. The van der Waals surface area contributed by atoms with E-state index in [1.54, 1.807) is 0 Å². The van der Waals surface area contributed by atoms with Gasteiger partial charge in [-0.2, -0.15) is 0 Å². The van der Waals surface area contributed by atoms with E-state index in [-0.39, 0.29) is 29.8 Å². The number of amides is 2. The molecule has 1 heterocycles. The molecule has 32 heavy (non-hydrogen) atoms. The van der Waals surface area contributed by atoms with E-state index >= 15 is 0 Å². The summed E-state index contributed by atoms with van der Waals surface area (Å²) >= 11 is 0. The fourth-order valence-electron chi connectivity index (χ4n) is 5.07. The maximum Gasteiger partial charge on any atom is 0.253 e. The molecule has 5 rings (SSSR count). The van der Waals surface area contributed by atoms with Crippen LogP contribution >= 0.6 is 0 Å². The third-order valence-electron chi connectivity index (χ3n) is 7.02. The fourth-order valence-corrected chi connectivity index (χ4v) is 5.07. The Labute approximate surface area is 188 Å². The molecule has 2 aromatic carbocycles. The van der Waals surface area contributed by atoms with E-state index < -0.39 is 0 Å². The van der Waals surface area contributed by atoms with E-state index in [0.717, 1.165) is 61.6 Å². The maximum absolute atomic E-state index is 13.1. The molecule has 2 fully saturated rings. The van der Waals surface area contributed by atoms with Crippen molar-refractivity contribution in [2.75, 3.05) is 7.05 Å². The summed E-state index contributed by atoms with van der Waals surface area (Å²) in [4.78, 5) is 31.8. The standard InChI is InChI=1S/C26H29N3O3/c1-29(21-15-14-20(16-21)27-24(30)17-6-2-3-7-17)26(31)19-12-10-18(11-13-19)25-28-22-8-4-5-9-23(22)32-25/h4-5,8-13,17,20-21H,2-3,6-7,14-16H2,1H3,(H,27,30). The van der Waals surface area contributed by atoms with Crippen molar-refractivity contribution in [3.63, 3.8) is 0 Å². The quantitative estimate of drug-likeness (QED) is 0.630. The highest BCUT2D eigenvalue weighted by atomic mass is 16.3. The van der Waals surface area contributed by atoms with Crippen molar-refractivity contribution in [1.29, 1.82) is 0 Å². The highest BCUT2D eigenvalue weighted by Crippen LogP contribution is 2.29. The van der Waals surface area contributed by atoms with E-state index in [2.05, 4.69) is 10.3 Å². The predicted molar refractivity (Wildman–Crippen MR) is 123 cm³/mol. The first kappa shape index (κ1) is 20.7. The lowest BCUT2D eigenvalue weighted by molar-refractivity contribution is -0.125. The molecule has 2 unspecified atom stereocenters. The Morgan fingerprint density at radius 1 is 1.00 bits per heavy atom. The summed E-state index contributed by atoms with van der Waals surface area (Å²) in [6.45, 7) is 0. The van der Waals surface area contributed by atoms with Gasteiger partial charge in [-0.05, 0) is 68.5 Å².